The van der Waals surface area contributed by atoms with E-state index in [0.717, 1.165) is 49.6 Å². The molecule has 2 heterocycles. The minimum atomic E-state index is 0.00441. The van der Waals surface area contributed by atoms with Gasteiger partial charge in [0.15, 0.2) is 5.43 Å². The van der Waals surface area contributed by atoms with Crippen LogP contribution in [-0.2, 0) is 12.8 Å². The SMILES string of the molecule is Cc1ccc2c(ccc3nc(N)c(Cc4ccccc4)nc32)c1.Nc1nc2ccc3cc(=O)ccc3c2[nH]c1Cc1ccccc1. The van der Waals surface area contributed by atoms with Crippen LogP contribution in [0.3, 0.4) is 0 Å². The fourth-order valence-corrected chi connectivity index (χ4v) is 5.80. The Balaban J connectivity index is 0.000000147. The lowest BCUT2D eigenvalue weighted by Gasteiger charge is -2.10. The molecule has 0 radical (unpaired) electrons. The van der Waals surface area contributed by atoms with Crippen molar-refractivity contribution in [2.45, 2.75) is 19.8 Å². The van der Waals surface area contributed by atoms with Crippen LogP contribution in [0, 0.1) is 6.92 Å². The summed E-state index contributed by atoms with van der Waals surface area (Å²) in [5, 5.41) is 4.18. The molecular weight excluding hydrogens is 568 g/mol. The Morgan fingerprint density at radius 2 is 1.24 bits per heavy atom. The quantitative estimate of drug-likeness (QED) is 0.180. The number of nitrogens with zero attached hydrogens (tertiary/aromatic N) is 3. The lowest BCUT2D eigenvalue weighted by atomic mass is 10.1. The highest BCUT2D eigenvalue weighted by atomic mass is 16.1. The van der Waals surface area contributed by atoms with Crippen LogP contribution in [0.4, 0.5) is 11.6 Å². The van der Waals surface area contributed by atoms with E-state index >= 15 is 0 Å². The van der Waals surface area contributed by atoms with Crippen molar-refractivity contribution < 1.29 is 0 Å². The van der Waals surface area contributed by atoms with E-state index in [-0.39, 0.29) is 5.43 Å². The van der Waals surface area contributed by atoms with Crippen molar-refractivity contribution in [1.82, 2.24) is 19.9 Å². The van der Waals surface area contributed by atoms with Gasteiger partial charge >= 0.3 is 0 Å². The van der Waals surface area contributed by atoms with Gasteiger partial charge in [-0.05, 0) is 59.2 Å². The first kappa shape index (κ1) is 28.7. The fraction of sp³-hybridized carbons (Fsp3) is 0.0769. The molecule has 5 N–H and O–H groups in total. The van der Waals surface area contributed by atoms with Crippen molar-refractivity contribution in [2.75, 3.05) is 11.5 Å². The average molecular weight is 601 g/mol. The Hall–Kier alpha value is -6.08. The number of hydrogen-bond donors (Lipinski definition) is 3. The van der Waals surface area contributed by atoms with Crippen molar-refractivity contribution >= 4 is 55.2 Å². The van der Waals surface area contributed by atoms with Crippen LogP contribution >= 0.6 is 0 Å². The monoisotopic (exact) mass is 600 g/mol. The molecule has 0 aliphatic rings. The van der Waals surface area contributed by atoms with E-state index < -0.39 is 0 Å². The van der Waals surface area contributed by atoms with Gasteiger partial charge in [0, 0.05) is 23.6 Å². The van der Waals surface area contributed by atoms with E-state index in [1.54, 1.807) is 12.1 Å². The minimum Gasteiger partial charge on any atom is -0.382 e. The number of aromatic nitrogens is 4. The van der Waals surface area contributed by atoms with E-state index in [2.05, 4.69) is 70.4 Å². The number of fused-ring (bicyclic) bond motifs is 6. The van der Waals surface area contributed by atoms with Crippen LogP contribution in [0.1, 0.15) is 28.1 Å². The number of benzene rings is 6. The van der Waals surface area contributed by atoms with E-state index in [1.807, 2.05) is 60.7 Å². The Kier molecular flexibility index (Phi) is 7.56. The maximum atomic E-state index is 11.5. The van der Waals surface area contributed by atoms with Gasteiger partial charge in [-0.2, -0.15) is 0 Å². The number of nitrogen functional groups attached to an aromatic ring is 2. The number of H-pyrrole nitrogens is 1. The lowest BCUT2D eigenvalue weighted by molar-refractivity contribution is 1.08. The third-order valence-corrected chi connectivity index (χ3v) is 8.14. The second-order valence-electron chi connectivity index (χ2n) is 11.5. The van der Waals surface area contributed by atoms with E-state index in [0.29, 0.717) is 24.5 Å². The zero-order valence-electron chi connectivity index (χ0n) is 25.4. The smallest absolute Gasteiger partial charge is 0.179 e. The first-order valence-electron chi connectivity index (χ1n) is 15.2. The second kappa shape index (κ2) is 12.1. The van der Waals surface area contributed by atoms with Gasteiger partial charge in [-0.15, -0.1) is 0 Å². The molecule has 0 fully saturated rings. The summed E-state index contributed by atoms with van der Waals surface area (Å²) in [6.45, 7) is 2.10. The lowest BCUT2D eigenvalue weighted by Crippen LogP contribution is -2.04. The van der Waals surface area contributed by atoms with Gasteiger partial charge in [0.05, 0.1) is 33.5 Å². The molecule has 8 aromatic rings. The van der Waals surface area contributed by atoms with Crippen LogP contribution in [0.5, 0.6) is 0 Å². The molecule has 0 aliphatic heterocycles. The molecule has 0 bridgehead atoms. The molecule has 0 amide bonds. The summed E-state index contributed by atoms with van der Waals surface area (Å²) >= 11 is 0. The molecule has 0 unspecified atom stereocenters. The summed E-state index contributed by atoms with van der Waals surface area (Å²) in [7, 11) is 0. The van der Waals surface area contributed by atoms with Gasteiger partial charge in [-0.1, -0.05) is 96.6 Å². The number of rotatable bonds is 4. The molecule has 7 heteroatoms. The first-order chi connectivity index (χ1) is 22.4. The fourth-order valence-electron chi connectivity index (χ4n) is 5.80. The summed E-state index contributed by atoms with van der Waals surface area (Å²) in [6.07, 6.45) is 1.38. The maximum Gasteiger partial charge on any atom is 0.179 e. The third-order valence-electron chi connectivity index (χ3n) is 8.14. The van der Waals surface area contributed by atoms with Crippen LogP contribution in [0.2, 0.25) is 0 Å². The second-order valence-corrected chi connectivity index (χ2v) is 11.5. The van der Waals surface area contributed by atoms with Gasteiger partial charge in [-0.3, -0.25) is 4.79 Å². The van der Waals surface area contributed by atoms with Gasteiger partial charge in [0.2, 0.25) is 0 Å². The predicted octanol–water partition coefficient (Wildman–Crippen LogP) is 7.51. The zero-order chi connectivity index (χ0) is 31.6. The summed E-state index contributed by atoms with van der Waals surface area (Å²) in [6, 6.07) is 39.6. The molecule has 224 valence electrons. The molecule has 0 aliphatic carbocycles. The molecule has 7 nitrogen and oxygen atoms in total. The molecule has 6 aromatic carbocycles. The van der Waals surface area contributed by atoms with Crippen LogP contribution in [-0.4, -0.2) is 19.9 Å². The molecule has 8 rings (SSSR count). The molecular formula is C39H32N6O. The number of aryl methyl sites for hydroxylation is 1. The van der Waals surface area contributed by atoms with Crippen molar-refractivity contribution in [1.29, 1.82) is 0 Å². The highest BCUT2D eigenvalue weighted by Gasteiger charge is 2.11. The van der Waals surface area contributed by atoms with E-state index in [9.17, 15) is 4.79 Å². The number of nitrogens with two attached hydrogens (primary N) is 2. The van der Waals surface area contributed by atoms with Crippen LogP contribution < -0.4 is 16.9 Å². The predicted molar refractivity (Wildman–Crippen MR) is 189 cm³/mol. The number of nitrogens with one attached hydrogen (secondary N) is 1. The largest absolute Gasteiger partial charge is 0.382 e. The number of anilines is 2. The normalized spacial score (nSPS) is 11.2. The number of aromatic amines is 1. The third kappa shape index (κ3) is 5.86. The van der Waals surface area contributed by atoms with E-state index in [4.69, 9.17) is 16.5 Å². The first-order valence-corrected chi connectivity index (χ1v) is 15.2. The Morgan fingerprint density at radius 1 is 0.609 bits per heavy atom. The van der Waals surface area contributed by atoms with Crippen molar-refractivity contribution in [3.63, 3.8) is 0 Å². The summed E-state index contributed by atoms with van der Waals surface area (Å²) in [4.78, 5) is 28.9. The summed E-state index contributed by atoms with van der Waals surface area (Å²) in [5.41, 5.74) is 21.0. The molecule has 0 saturated carbocycles. The average Bonchev–Trinajstić information content (AvgIpc) is 3.06. The highest BCUT2D eigenvalue weighted by molar-refractivity contribution is 6.05. The van der Waals surface area contributed by atoms with Gasteiger partial charge in [-0.25, -0.2) is 15.0 Å². The zero-order valence-corrected chi connectivity index (χ0v) is 25.4. The van der Waals surface area contributed by atoms with Gasteiger partial charge < -0.3 is 16.5 Å². The molecule has 0 saturated heterocycles. The Morgan fingerprint density at radius 3 is 1.98 bits per heavy atom. The van der Waals surface area contributed by atoms with Crippen molar-refractivity contribution in [3.05, 3.63) is 160 Å². The maximum absolute atomic E-state index is 11.5. The number of hydrogen-bond acceptors (Lipinski definition) is 6. The van der Waals surface area contributed by atoms with Gasteiger partial charge in [0.1, 0.15) is 11.6 Å². The summed E-state index contributed by atoms with van der Waals surface area (Å²) in [5.74, 6) is 1.01. The van der Waals surface area contributed by atoms with Crippen LogP contribution in [0.25, 0.3) is 43.6 Å². The summed E-state index contributed by atoms with van der Waals surface area (Å²) < 4.78 is 0. The van der Waals surface area contributed by atoms with Crippen LogP contribution in [0.15, 0.2) is 126 Å². The van der Waals surface area contributed by atoms with Crippen molar-refractivity contribution in [3.8, 4) is 0 Å². The van der Waals surface area contributed by atoms with E-state index in [1.165, 1.54) is 22.1 Å². The molecule has 0 spiro atoms. The molecule has 2 aromatic heterocycles. The minimum absolute atomic E-state index is 0.00441. The van der Waals surface area contributed by atoms with Gasteiger partial charge in [0.25, 0.3) is 0 Å². The topological polar surface area (TPSA) is 124 Å². The molecule has 46 heavy (non-hydrogen) atoms. The standard InChI is InChI=1S/C20H17N3.C19H15N3O/c1-13-7-9-16-15(11-13)8-10-17-19(16)22-18(20(21)23-17)12-14-5-3-2-4-6-14;20-19-17(10-12-4-2-1-3-5-12)21-18-15-8-7-14(23)11-13(15)6-9-16(18)22-19/h2-11H,12H2,1H3,(H2,21,23);1-9,11,21H,10,20H2. The Labute approximate surface area is 265 Å². The van der Waals surface area contributed by atoms with Crippen molar-refractivity contribution in [2.24, 2.45) is 0 Å². The Bertz CT molecular complexity index is 2420. The molecule has 0 atom stereocenters. The highest BCUT2D eigenvalue weighted by Crippen LogP contribution is 2.27.